The molecule has 5 heteroatoms. The van der Waals surface area contributed by atoms with Crippen LogP contribution in [-0.4, -0.2) is 28.4 Å². The quantitative estimate of drug-likeness (QED) is 0.855. The van der Waals surface area contributed by atoms with Crippen LogP contribution < -0.4 is 10.6 Å². The zero-order valence-electron chi connectivity index (χ0n) is 12.6. The number of aryl methyl sites for hydroxylation is 1. The first-order valence-electron chi connectivity index (χ1n) is 6.79. The summed E-state index contributed by atoms with van der Waals surface area (Å²) in [6.07, 6.45) is 2.59. The molecule has 0 aliphatic heterocycles. The van der Waals surface area contributed by atoms with E-state index in [4.69, 9.17) is 0 Å². The minimum atomic E-state index is -0.537. The van der Waals surface area contributed by atoms with Gasteiger partial charge in [-0.2, -0.15) is 0 Å². The first-order chi connectivity index (χ1) is 9.28. The predicted octanol–water partition coefficient (Wildman–Crippen LogP) is 1.43. The van der Waals surface area contributed by atoms with Crippen molar-refractivity contribution in [2.24, 2.45) is 0 Å². The average molecular weight is 277 g/mol. The Morgan fingerprint density at radius 2 is 2.00 bits per heavy atom. The molecular weight excluding hydrogens is 254 g/mol. The van der Waals surface area contributed by atoms with Gasteiger partial charge in [0.15, 0.2) is 0 Å². The number of hydrogen-bond donors (Lipinski definition) is 2. The third-order valence-corrected chi connectivity index (χ3v) is 2.60. The van der Waals surface area contributed by atoms with E-state index >= 15 is 0 Å². The Kier molecular flexibility index (Phi) is 5.67. The van der Waals surface area contributed by atoms with Crippen LogP contribution in [0.1, 0.15) is 39.8 Å². The van der Waals surface area contributed by atoms with Crippen molar-refractivity contribution in [3.63, 3.8) is 0 Å². The van der Waals surface area contributed by atoms with Crippen molar-refractivity contribution in [1.29, 1.82) is 0 Å². The normalized spacial score (nSPS) is 12.6. The molecule has 20 heavy (non-hydrogen) atoms. The van der Waals surface area contributed by atoms with Crippen molar-refractivity contribution in [2.45, 2.75) is 52.1 Å². The summed E-state index contributed by atoms with van der Waals surface area (Å²) in [6.45, 7) is 7.39. The molecule has 0 spiro atoms. The third-order valence-electron chi connectivity index (χ3n) is 2.60. The van der Waals surface area contributed by atoms with Crippen molar-refractivity contribution in [2.75, 3.05) is 0 Å². The zero-order valence-corrected chi connectivity index (χ0v) is 12.6. The van der Waals surface area contributed by atoms with E-state index in [2.05, 4.69) is 15.6 Å². The topological polar surface area (TPSA) is 71.1 Å². The first-order valence-corrected chi connectivity index (χ1v) is 6.79. The summed E-state index contributed by atoms with van der Waals surface area (Å²) in [7, 11) is 0. The van der Waals surface area contributed by atoms with E-state index in [0.717, 1.165) is 5.69 Å². The van der Waals surface area contributed by atoms with Crippen LogP contribution in [-0.2, 0) is 16.0 Å². The van der Waals surface area contributed by atoms with E-state index in [9.17, 15) is 9.59 Å². The molecule has 0 aromatic carbocycles. The Bertz CT molecular complexity index is 452. The molecule has 2 N–H and O–H groups in total. The van der Waals surface area contributed by atoms with E-state index in [-0.39, 0.29) is 17.4 Å². The summed E-state index contributed by atoms with van der Waals surface area (Å²) in [5.41, 5.74) is 0.568. The molecule has 0 aliphatic carbocycles. The summed E-state index contributed by atoms with van der Waals surface area (Å²) in [5, 5.41) is 5.53. The molecule has 110 valence electrons. The van der Waals surface area contributed by atoms with Crippen LogP contribution in [0.5, 0.6) is 0 Å². The molecule has 5 nitrogen and oxygen atoms in total. The highest BCUT2D eigenvalue weighted by Crippen LogP contribution is 2.01. The van der Waals surface area contributed by atoms with Gasteiger partial charge in [0, 0.05) is 23.9 Å². The van der Waals surface area contributed by atoms with Gasteiger partial charge in [0.1, 0.15) is 6.04 Å². The molecule has 1 atom stereocenters. The lowest BCUT2D eigenvalue weighted by Gasteiger charge is -2.23. The number of carbonyl (C=O) groups excluding carboxylic acids is 2. The van der Waals surface area contributed by atoms with Gasteiger partial charge in [-0.3, -0.25) is 14.6 Å². The van der Waals surface area contributed by atoms with Crippen molar-refractivity contribution >= 4 is 11.8 Å². The van der Waals surface area contributed by atoms with Crippen LogP contribution in [0.25, 0.3) is 0 Å². The highest BCUT2D eigenvalue weighted by Gasteiger charge is 2.20. The number of aromatic nitrogens is 1. The second-order valence-corrected chi connectivity index (χ2v) is 5.85. The van der Waals surface area contributed by atoms with Gasteiger partial charge < -0.3 is 10.6 Å². The summed E-state index contributed by atoms with van der Waals surface area (Å²) >= 11 is 0. The molecule has 1 heterocycles. The fourth-order valence-electron chi connectivity index (χ4n) is 1.64. The highest BCUT2D eigenvalue weighted by atomic mass is 16.2. The van der Waals surface area contributed by atoms with Crippen molar-refractivity contribution < 1.29 is 9.59 Å². The average Bonchev–Trinajstić information content (AvgIpc) is 2.35. The van der Waals surface area contributed by atoms with Gasteiger partial charge in [-0.15, -0.1) is 0 Å². The first kappa shape index (κ1) is 16.1. The molecule has 0 fully saturated rings. The number of rotatable bonds is 5. The molecule has 0 radical (unpaired) electrons. The van der Waals surface area contributed by atoms with E-state index < -0.39 is 6.04 Å². The minimum Gasteiger partial charge on any atom is -0.350 e. The Hall–Kier alpha value is -1.91. The summed E-state index contributed by atoms with van der Waals surface area (Å²) in [4.78, 5) is 27.8. The number of hydrogen-bond acceptors (Lipinski definition) is 3. The number of pyridine rings is 1. The van der Waals surface area contributed by atoms with Crippen LogP contribution in [0.15, 0.2) is 24.4 Å². The van der Waals surface area contributed by atoms with Crippen molar-refractivity contribution in [3.05, 3.63) is 30.1 Å². The predicted molar refractivity (Wildman–Crippen MR) is 78.1 cm³/mol. The second kappa shape index (κ2) is 7.03. The maximum absolute atomic E-state index is 11.8. The number of nitrogens with zero attached hydrogens (tertiary/aromatic N) is 1. The number of amides is 2. The van der Waals surface area contributed by atoms with Crippen LogP contribution in [0, 0.1) is 0 Å². The summed E-state index contributed by atoms with van der Waals surface area (Å²) in [6, 6.07) is 5.07. The Morgan fingerprint density at radius 3 is 2.55 bits per heavy atom. The van der Waals surface area contributed by atoms with E-state index in [0.29, 0.717) is 12.8 Å². The van der Waals surface area contributed by atoms with Crippen molar-refractivity contribution in [3.8, 4) is 0 Å². The van der Waals surface area contributed by atoms with Gasteiger partial charge in [0.05, 0.1) is 0 Å². The fourth-order valence-corrected chi connectivity index (χ4v) is 1.64. The van der Waals surface area contributed by atoms with Crippen LogP contribution in [0.4, 0.5) is 0 Å². The minimum absolute atomic E-state index is 0.146. The smallest absolute Gasteiger partial charge is 0.242 e. The lowest BCUT2D eigenvalue weighted by molar-refractivity contribution is -0.129. The molecular formula is C15H23N3O2. The molecule has 0 bridgehead atoms. The largest absolute Gasteiger partial charge is 0.350 e. The zero-order chi connectivity index (χ0) is 15.2. The molecule has 0 unspecified atom stereocenters. The maximum atomic E-state index is 11.8. The van der Waals surface area contributed by atoms with E-state index in [1.807, 2.05) is 39.0 Å². The lowest BCUT2D eigenvalue weighted by atomic mass is 10.1. The van der Waals surface area contributed by atoms with Gasteiger partial charge in [0.25, 0.3) is 0 Å². The Balaban J connectivity index is 2.36. The van der Waals surface area contributed by atoms with Gasteiger partial charge in [-0.05, 0) is 46.2 Å². The second-order valence-electron chi connectivity index (χ2n) is 5.85. The van der Waals surface area contributed by atoms with Gasteiger partial charge in [-0.25, -0.2) is 0 Å². The molecule has 1 rings (SSSR count). The Labute approximate surface area is 120 Å². The lowest BCUT2D eigenvalue weighted by Crippen LogP contribution is -2.50. The van der Waals surface area contributed by atoms with Gasteiger partial charge in [0.2, 0.25) is 11.8 Å². The van der Waals surface area contributed by atoms with E-state index in [1.54, 1.807) is 13.1 Å². The van der Waals surface area contributed by atoms with Gasteiger partial charge in [-0.1, -0.05) is 6.07 Å². The summed E-state index contributed by atoms with van der Waals surface area (Å²) < 4.78 is 0. The standard InChI is InChI=1S/C15H23N3O2/c1-11(14(20)18-15(2,3)4)17-13(19)9-8-12-7-5-6-10-16-12/h5-7,10-11H,8-9H2,1-4H3,(H,17,19)(H,18,20)/t11-/m1/s1. The molecule has 0 saturated carbocycles. The number of nitrogens with one attached hydrogen (secondary N) is 2. The van der Waals surface area contributed by atoms with Crippen LogP contribution in [0.2, 0.25) is 0 Å². The highest BCUT2D eigenvalue weighted by molar-refractivity contribution is 5.87. The van der Waals surface area contributed by atoms with Crippen LogP contribution >= 0.6 is 0 Å². The molecule has 0 saturated heterocycles. The maximum Gasteiger partial charge on any atom is 0.242 e. The third kappa shape index (κ3) is 6.31. The summed E-state index contributed by atoms with van der Waals surface area (Å²) in [5.74, 6) is -0.323. The molecule has 2 amide bonds. The Morgan fingerprint density at radius 1 is 1.30 bits per heavy atom. The fraction of sp³-hybridized carbons (Fsp3) is 0.533. The molecule has 0 aliphatic rings. The monoisotopic (exact) mass is 277 g/mol. The molecule has 1 aromatic heterocycles. The SMILES string of the molecule is C[C@@H](NC(=O)CCc1ccccn1)C(=O)NC(C)(C)C. The van der Waals surface area contributed by atoms with Crippen molar-refractivity contribution in [1.82, 2.24) is 15.6 Å². The number of carbonyl (C=O) groups is 2. The van der Waals surface area contributed by atoms with Gasteiger partial charge >= 0.3 is 0 Å². The van der Waals surface area contributed by atoms with E-state index in [1.165, 1.54) is 0 Å². The van der Waals surface area contributed by atoms with Crippen LogP contribution in [0.3, 0.4) is 0 Å². The molecule has 1 aromatic rings.